The van der Waals surface area contributed by atoms with Gasteiger partial charge >= 0.3 is 0 Å². The topological polar surface area (TPSA) is 88.2 Å². The Hall–Kier alpha value is -3.74. The maximum absolute atomic E-state index is 10.1. The van der Waals surface area contributed by atoms with E-state index in [1.165, 1.54) is 6.33 Å². The second-order valence-electron chi connectivity index (χ2n) is 5.81. The molecule has 7 heteroatoms. The van der Waals surface area contributed by atoms with Crippen molar-refractivity contribution in [2.45, 2.75) is 6.92 Å². The van der Waals surface area contributed by atoms with Crippen LogP contribution in [0, 0.1) is 6.92 Å². The summed E-state index contributed by atoms with van der Waals surface area (Å²) >= 11 is 0. The highest BCUT2D eigenvalue weighted by Gasteiger charge is 2.05. The molecule has 0 saturated carbocycles. The van der Waals surface area contributed by atoms with Gasteiger partial charge < -0.3 is 5.11 Å². The number of benzene rings is 2. The summed E-state index contributed by atoms with van der Waals surface area (Å²) in [6.07, 6.45) is 6.66. The fourth-order valence-corrected chi connectivity index (χ4v) is 2.65. The van der Waals surface area contributed by atoms with Crippen LogP contribution in [0.3, 0.4) is 0 Å². The normalized spacial score (nSPS) is 11.3. The Labute approximate surface area is 149 Å². The number of aromatic hydroxyl groups is 1. The molecule has 4 rings (SSSR count). The molecule has 0 aliphatic heterocycles. The minimum Gasteiger partial charge on any atom is -0.507 e. The van der Waals surface area contributed by atoms with E-state index >= 15 is 0 Å². The lowest BCUT2D eigenvalue weighted by atomic mass is 10.0. The molecule has 0 fully saturated rings. The maximum Gasteiger partial charge on any atom is 0.158 e. The monoisotopic (exact) mass is 344 g/mol. The van der Waals surface area contributed by atoms with Crippen molar-refractivity contribution in [1.82, 2.24) is 19.7 Å². The van der Waals surface area contributed by atoms with Crippen LogP contribution in [0.1, 0.15) is 11.1 Å². The molecular formula is C19H16N6O. The lowest BCUT2D eigenvalue weighted by molar-refractivity contribution is 0.475. The fraction of sp³-hybridized carbons (Fsp3) is 0.0526. The van der Waals surface area contributed by atoms with Crippen molar-refractivity contribution in [2.75, 3.05) is 5.43 Å². The number of nitrogens with zero attached hydrogens (tertiary/aromatic N) is 5. The Morgan fingerprint density at radius 3 is 2.88 bits per heavy atom. The first-order chi connectivity index (χ1) is 12.7. The zero-order valence-corrected chi connectivity index (χ0v) is 14.0. The number of nitrogens with one attached hydrogen (secondary N) is 1. The number of fused-ring (bicyclic) bond motifs is 1. The van der Waals surface area contributed by atoms with Crippen LogP contribution in [0.4, 0.5) is 5.82 Å². The van der Waals surface area contributed by atoms with Gasteiger partial charge in [0.25, 0.3) is 0 Å². The van der Waals surface area contributed by atoms with Crippen molar-refractivity contribution in [2.24, 2.45) is 5.10 Å². The molecule has 0 aliphatic rings. The summed E-state index contributed by atoms with van der Waals surface area (Å²) in [7, 11) is 0. The first-order valence-electron chi connectivity index (χ1n) is 8.04. The lowest BCUT2D eigenvalue weighted by Crippen LogP contribution is -2.01. The summed E-state index contributed by atoms with van der Waals surface area (Å²) in [5, 5.41) is 20.5. The van der Waals surface area contributed by atoms with Crippen LogP contribution in [0.15, 0.2) is 66.3 Å². The Morgan fingerprint density at radius 1 is 1.15 bits per heavy atom. The largest absolute Gasteiger partial charge is 0.507 e. The molecule has 2 N–H and O–H groups in total. The van der Waals surface area contributed by atoms with E-state index in [1.54, 1.807) is 29.2 Å². The van der Waals surface area contributed by atoms with Gasteiger partial charge in [-0.15, -0.1) is 0 Å². The molecule has 0 spiro atoms. The van der Waals surface area contributed by atoms with Crippen LogP contribution in [-0.2, 0) is 0 Å². The van der Waals surface area contributed by atoms with Crippen molar-refractivity contribution in [3.63, 3.8) is 0 Å². The number of anilines is 1. The van der Waals surface area contributed by atoms with Gasteiger partial charge in [0, 0.05) is 17.8 Å². The first kappa shape index (κ1) is 15.8. The smallest absolute Gasteiger partial charge is 0.158 e. The van der Waals surface area contributed by atoms with Crippen LogP contribution in [-0.4, -0.2) is 31.1 Å². The summed E-state index contributed by atoms with van der Waals surface area (Å²) in [4.78, 5) is 8.35. The van der Waals surface area contributed by atoms with Crippen molar-refractivity contribution in [3.05, 3.63) is 72.3 Å². The number of phenolic OH excluding ortho intramolecular Hbond substituents is 1. The number of aromatic nitrogens is 4. The van der Waals surface area contributed by atoms with Gasteiger partial charge in [-0.3, -0.25) is 5.43 Å². The minimum absolute atomic E-state index is 0.171. The molecule has 7 nitrogen and oxygen atoms in total. The zero-order valence-electron chi connectivity index (χ0n) is 14.0. The fourth-order valence-electron chi connectivity index (χ4n) is 2.65. The highest BCUT2D eigenvalue weighted by molar-refractivity contribution is 6.02. The second-order valence-corrected chi connectivity index (χ2v) is 5.81. The number of hydrogen-bond acceptors (Lipinski definition) is 6. The molecule has 0 bridgehead atoms. The summed E-state index contributed by atoms with van der Waals surface area (Å²) in [5.74, 6) is 1.34. The third-order valence-electron chi connectivity index (χ3n) is 3.92. The number of rotatable bonds is 4. The van der Waals surface area contributed by atoms with Gasteiger partial charge in [-0.05, 0) is 29.3 Å². The highest BCUT2D eigenvalue weighted by atomic mass is 16.3. The van der Waals surface area contributed by atoms with E-state index < -0.39 is 0 Å². The Bertz CT molecular complexity index is 1100. The minimum atomic E-state index is 0.171. The van der Waals surface area contributed by atoms with E-state index in [2.05, 4.69) is 25.6 Å². The van der Waals surface area contributed by atoms with Gasteiger partial charge in [0.15, 0.2) is 11.6 Å². The van der Waals surface area contributed by atoms with E-state index in [1.807, 2.05) is 43.5 Å². The summed E-state index contributed by atoms with van der Waals surface area (Å²) in [6, 6.07) is 13.1. The zero-order chi connectivity index (χ0) is 17.9. The molecule has 4 aromatic rings. The Kier molecular flexibility index (Phi) is 4.03. The lowest BCUT2D eigenvalue weighted by Gasteiger charge is -2.05. The van der Waals surface area contributed by atoms with E-state index in [0.29, 0.717) is 17.2 Å². The molecule has 0 radical (unpaired) electrons. The maximum atomic E-state index is 10.1. The molecule has 2 aromatic carbocycles. The molecule has 2 heterocycles. The number of hydrazone groups is 1. The molecular weight excluding hydrogens is 328 g/mol. The van der Waals surface area contributed by atoms with Crippen LogP contribution in [0.5, 0.6) is 5.75 Å². The Morgan fingerprint density at radius 2 is 2.04 bits per heavy atom. The molecule has 0 amide bonds. The highest BCUT2D eigenvalue weighted by Crippen LogP contribution is 2.25. The summed E-state index contributed by atoms with van der Waals surface area (Å²) in [5.41, 5.74) is 4.56. The molecule has 0 unspecified atom stereocenters. The number of hydrogen-bond donors (Lipinski definition) is 2. The molecule has 26 heavy (non-hydrogen) atoms. The standard InChI is InChI=1S/C19H16N6O/c1-13-9-23-25(11-13)19-8-18(20-12-21-19)24-22-10-16-15-5-3-2-4-14(15)6-7-17(16)26/h2-12,26H,1H3,(H,20,21,24)/b22-10-. The van der Waals surface area contributed by atoms with Crippen LogP contribution < -0.4 is 5.43 Å². The number of phenols is 1. The third kappa shape index (κ3) is 3.10. The SMILES string of the molecule is Cc1cnn(-c2cc(N/N=C\c3c(O)ccc4ccccc34)ncn2)c1. The van der Waals surface area contributed by atoms with Gasteiger partial charge in [-0.1, -0.05) is 30.3 Å². The second kappa shape index (κ2) is 6.64. The van der Waals surface area contributed by atoms with Gasteiger partial charge in [0.05, 0.1) is 12.4 Å². The van der Waals surface area contributed by atoms with Crippen molar-refractivity contribution in [1.29, 1.82) is 0 Å². The van der Waals surface area contributed by atoms with Crippen LogP contribution >= 0.6 is 0 Å². The molecule has 2 aromatic heterocycles. The average Bonchev–Trinajstić information content (AvgIpc) is 3.10. The van der Waals surface area contributed by atoms with Crippen LogP contribution in [0.2, 0.25) is 0 Å². The summed E-state index contributed by atoms with van der Waals surface area (Å²) < 4.78 is 1.67. The van der Waals surface area contributed by atoms with E-state index in [0.717, 1.165) is 16.3 Å². The van der Waals surface area contributed by atoms with E-state index in [9.17, 15) is 5.11 Å². The van der Waals surface area contributed by atoms with Crippen LogP contribution in [0.25, 0.3) is 16.6 Å². The van der Waals surface area contributed by atoms with E-state index in [4.69, 9.17) is 0 Å². The van der Waals surface area contributed by atoms with Gasteiger partial charge in [-0.2, -0.15) is 10.2 Å². The van der Waals surface area contributed by atoms with Crippen molar-refractivity contribution < 1.29 is 5.11 Å². The molecule has 0 atom stereocenters. The first-order valence-corrected chi connectivity index (χ1v) is 8.04. The summed E-state index contributed by atoms with van der Waals surface area (Å²) in [6.45, 7) is 1.96. The molecule has 128 valence electrons. The van der Waals surface area contributed by atoms with Crippen molar-refractivity contribution in [3.8, 4) is 11.6 Å². The number of aryl methyl sites for hydroxylation is 1. The van der Waals surface area contributed by atoms with E-state index in [-0.39, 0.29) is 5.75 Å². The average molecular weight is 344 g/mol. The van der Waals surface area contributed by atoms with Gasteiger partial charge in [-0.25, -0.2) is 14.6 Å². The quantitative estimate of drug-likeness (QED) is 0.438. The van der Waals surface area contributed by atoms with Gasteiger partial charge in [0.1, 0.15) is 12.1 Å². The molecule has 0 saturated heterocycles. The predicted octanol–water partition coefficient (Wildman–Crippen LogP) is 3.28. The third-order valence-corrected chi connectivity index (χ3v) is 3.92. The predicted molar refractivity (Wildman–Crippen MR) is 101 cm³/mol. The van der Waals surface area contributed by atoms with Crippen molar-refractivity contribution >= 4 is 22.8 Å². The van der Waals surface area contributed by atoms with Gasteiger partial charge in [0.2, 0.25) is 0 Å². The molecule has 0 aliphatic carbocycles. The Balaban J connectivity index is 1.59.